The molecule has 2 N–H and O–H groups in total. The Morgan fingerprint density at radius 2 is 1.75 bits per heavy atom. The Morgan fingerprint density at radius 3 is 2.39 bits per heavy atom. The zero-order valence-corrected chi connectivity index (χ0v) is 24.9. The van der Waals surface area contributed by atoms with Gasteiger partial charge < -0.3 is 27.5 Å². The van der Waals surface area contributed by atoms with E-state index in [-0.39, 0.29) is 37.7 Å². The van der Waals surface area contributed by atoms with Crippen LogP contribution in [0.2, 0.25) is 0 Å². The van der Waals surface area contributed by atoms with Crippen molar-refractivity contribution in [1.29, 1.82) is 0 Å². The number of aromatic amines is 1. The number of aromatic nitrogens is 4. The van der Waals surface area contributed by atoms with Gasteiger partial charge >= 0.3 is 37.2 Å². The molecule has 0 aliphatic heterocycles. The van der Waals surface area contributed by atoms with Gasteiger partial charge in [-0.05, 0) is 41.8 Å². The van der Waals surface area contributed by atoms with Crippen LogP contribution in [0, 0.1) is 44.0 Å². The molecule has 9 heteroatoms. The van der Waals surface area contributed by atoms with Gasteiger partial charge in [0.15, 0.2) is 5.82 Å². The number of amides is 1. The fourth-order valence-electron chi connectivity index (χ4n) is 4.00. The molecular formula is C27H30N6O2U. The van der Waals surface area contributed by atoms with E-state index in [4.69, 9.17) is 4.74 Å². The first-order chi connectivity index (χ1) is 17.1. The number of fused-ring (bicyclic) bond motifs is 1. The Balaban J connectivity index is 0.00000361. The van der Waals surface area contributed by atoms with E-state index >= 15 is 0 Å². The number of hydrogen-bond donors (Lipinski definition) is 2. The standard InChI is InChI=1S/C27H30N6O2.U/c1-4-14-33(15-5-2)18-19-8-10-20(11-9-19)21-16-22(25-28-12-7-13-29-25)24-23(17-21)30-26(31-24)32-27(34)35-6-3;/h4-5,7-13,16-17H,6,14-15,18H2,1-3H3,(H2,30,31,32,34);/q-2;+2. The van der Waals surface area contributed by atoms with Crippen molar-refractivity contribution in [2.75, 3.05) is 25.0 Å². The number of rotatable bonds is 10. The molecule has 0 atom stereocenters. The maximum atomic E-state index is 11.9. The van der Waals surface area contributed by atoms with E-state index in [0.29, 0.717) is 17.3 Å². The molecule has 0 radical (unpaired) electrons. The van der Waals surface area contributed by atoms with Crippen LogP contribution < -0.4 is 5.32 Å². The molecular weight excluding hydrogens is 678 g/mol. The number of anilines is 1. The first kappa shape index (κ1) is 27.9. The summed E-state index contributed by atoms with van der Waals surface area (Å²) in [5.74, 6) is 0.871. The van der Waals surface area contributed by atoms with Crippen molar-refractivity contribution >= 4 is 23.1 Å². The Hall–Kier alpha value is -2.73. The molecule has 8 nitrogen and oxygen atoms in total. The molecule has 184 valence electrons. The maximum Gasteiger partial charge on any atom is 2.00 e. The second-order valence-electron chi connectivity index (χ2n) is 8.13. The van der Waals surface area contributed by atoms with E-state index < -0.39 is 6.09 Å². The van der Waals surface area contributed by atoms with Gasteiger partial charge in [0.2, 0.25) is 5.95 Å². The predicted molar refractivity (Wildman–Crippen MR) is 138 cm³/mol. The Labute approximate surface area is 235 Å². The van der Waals surface area contributed by atoms with Gasteiger partial charge in [-0.1, -0.05) is 24.3 Å². The zero-order valence-electron chi connectivity index (χ0n) is 20.8. The van der Waals surface area contributed by atoms with Gasteiger partial charge in [0.1, 0.15) is 5.52 Å². The second kappa shape index (κ2) is 13.5. The normalized spacial score (nSPS) is 10.9. The van der Waals surface area contributed by atoms with Gasteiger partial charge in [-0.3, -0.25) is 5.32 Å². The Kier molecular flexibility index (Phi) is 10.5. The van der Waals surface area contributed by atoms with Gasteiger partial charge in [0.05, 0.1) is 12.1 Å². The summed E-state index contributed by atoms with van der Waals surface area (Å²) in [5.41, 5.74) is 5.54. The SMILES string of the molecule is C[CH-]CN(C[CH-]C)Cc1ccc(-c2cc(-c3ncccn3)c3nc(NC(=O)OCC)[nH]c3c2)cc1.[U+2]. The van der Waals surface area contributed by atoms with Gasteiger partial charge in [0, 0.05) is 24.5 Å². The van der Waals surface area contributed by atoms with Crippen molar-refractivity contribution < 1.29 is 40.6 Å². The van der Waals surface area contributed by atoms with E-state index in [1.807, 2.05) is 12.1 Å². The third-order valence-electron chi connectivity index (χ3n) is 5.46. The first-order valence-corrected chi connectivity index (χ1v) is 11.7. The largest absolute Gasteiger partial charge is 2.00 e. The van der Waals surface area contributed by atoms with Crippen molar-refractivity contribution in [3.63, 3.8) is 0 Å². The van der Waals surface area contributed by atoms with Gasteiger partial charge in [-0.25, -0.2) is 19.7 Å². The van der Waals surface area contributed by atoms with Crippen molar-refractivity contribution in [1.82, 2.24) is 24.8 Å². The van der Waals surface area contributed by atoms with Crippen LogP contribution in [0.5, 0.6) is 0 Å². The molecule has 36 heavy (non-hydrogen) atoms. The van der Waals surface area contributed by atoms with E-state index in [0.717, 1.165) is 41.8 Å². The van der Waals surface area contributed by atoms with Crippen LogP contribution in [0.1, 0.15) is 26.3 Å². The second-order valence-corrected chi connectivity index (χ2v) is 8.13. The summed E-state index contributed by atoms with van der Waals surface area (Å²) in [6.07, 6.45) is 7.20. The van der Waals surface area contributed by atoms with Crippen LogP contribution in [0.3, 0.4) is 0 Å². The third-order valence-corrected chi connectivity index (χ3v) is 5.46. The topological polar surface area (TPSA) is 96.0 Å². The fraction of sp³-hybridized carbons (Fsp3) is 0.259. The molecule has 0 aliphatic rings. The summed E-state index contributed by atoms with van der Waals surface area (Å²) in [7, 11) is 0. The molecule has 1 amide bonds. The fourth-order valence-corrected chi connectivity index (χ4v) is 4.00. The maximum absolute atomic E-state index is 11.9. The quantitative estimate of drug-likeness (QED) is 0.211. The predicted octanol–water partition coefficient (Wildman–Crippen LogP) is 5.51. The van der Waals surface area contributed by atoms with Crippen LogP contribution in [-0.2, 0) is 11.3 Å². The van der Waals surface area contributed by atoms with E-state index in [2.05, 4.69) is 81.1 Å². The molecule has 0 bridgehead atoms. The number of hydrogen-bond acceptors (Lipinski definition) is 6. The first-order valence-electron chi connectivity index (χ1n) is 11.7. The number of benzene rings is 2. The van der Waals surface area contributed by atoms with Crippen LogP contribution >= 0.6 is 0 Å². The minimum absolute atomic E-state index is 0. The molecule has 0 saturated carbocycles. The molecule has 2 heterocycles. The van der Waals surface area contributed by atoms with Crippen LogP contribution in [0.15, 0.2) is 54.9 Å². The molecule has 0 unspecified atom stereocenters. The number of H-pyrrole nitrogens is 1. The number of nitrogens with one attached hydrogen (secondary N) is 2. The van der Waals surface area contributed by atoms with Gasteiger partial charge in [-0.2, -0.15) is 13.8 Å². The molecule has 0 fully saturated rings. The van der Waals surface area contributed by atoms with Crippen molar-refractivity contribution in [3.8, 4) is 22.5 Å². The summed E-state index contributed by atoms with van der Waals surface area (Å²) in [4.78, 5) is 30.9. The van der Waals surface area contributed by atoms with E-state index in [9.17, 15) is 4.79 Å². The van der Waals surface area contributed by atoms with E-state index in [1.54, 1.807) is 25.4 Å². The molecule has 0 aliphatic carbocycles. The number of nitrogens with zero attached hydrogens (tertiary/aromatic N) is 4. The number of ether oxygens (including phenoxy) is 1. The van der Waals surface area contributed by atoms with Gasteiger partial charge in [-0.15, -0.1) is 13.1 Å². The van der Waals surface area contributed by atoms with Crippen LogP contribution in [0.25, 0.3) is 33.5 Å². The summed E-state index contributed by atoms with van der Waals surface area (Å²) in [6.45, 7) is 8.98. The minimum atomic E-state index is -0.560. The van der Waals surface area contributed by atoms with Crippen molar-refractivity contribution in [3.05, 3.63) is 73.3 Å². The van der Waals surface area contributed by atoms with Crippen LogP contribution in [0.4, 0.5) is 10.7 Å². The summed E-state index contributed by atoms with van der Waals surface area (Å²) in [6, 6.07) is 14.4. The average Bonchev–Trinajstić information content (AvgIpc) is 3.27. The van der Waals surface area contributed by atoms with Gasteiger partial charge in [0.25, 0.3) is 0 Å². The molecule has 4 rings (SSSR count). The number of carbonyl (C=O) groups is 1. The van der Waals surface area contributed by atoms with Crippen molar-refractivity contribution in [2.45, 2.75) is 27.3 Å². The molecule has 4 aromatic rings. The average molecular weight is 709 g/mol. The van der Waals surface area contributed by atoms with Crippen LogP contribution in [-0.4, -0.2) is 50.6 Å². The monoisotopic (exact) mass is 708 g/mol. The molecule has 2 aromatic heterocycles. The van der Waals surface area contributed by atoms with E-state index in [1.165, 1.54) is 5.56 Å². The summed E-state index contributed by atoms with van der Waals surface area (Å²) >= 11 is 0. The third kappa shape index (κ3) is 6.94. The molecule has 2 aromatic carbocycles. The Bertz CT molecular complexity index is 1250. The summed E-state index contributed by atoms with van der Waals surface area (Å²) in [5, 5.41) is 2.64. The summed E-state index contributed by atoms with van der Waals surface area (Å²) < 4.78 is 4.98. The number of imidazole rings is 1. The zero-order chi connectivity index (χ0) is 24.6. The molecule has 0 spiro atoms. The molecule has 0 saturated heterocycles. The Morgan fingerprint density at radius 1 is 1.06 bits per heavy atom. The number of carbonyl (C=O) groups excluding carboxylic acids is 1. The van der Waals surface area contributed by atoms with Crippen molar-refractivity contribution in [2.24, 2.45) is 0 Å². The minimum Gasteiger partial charge on any atom is -0.450 e. The smallest absolute Gasteiger partial charge is 0.450 e.